The van der Waals surface area contributed by atoms with Crippen LogP contribution in [0.4, 0.5) is 0 Å². The fourth-order valence-electron chi connectivity index (χ4n) is 4.32. The molecule has 0 spiro atoms. The minimum atomic E-state index is -0.307. The first-order valence-electron chi connectivity index (χ1n) is 8.27. The zero-order valence-electron chi connectivity index (χ0n) is 12.6. The van der Waals surface area contributed by atoms with Crippen LogP contribution in [0.15, 0.2) is 0 Å². The molecule has 3 atom stereocenters. The van der Waals surface area contributed by atoms with E-state index in [1.807, 2.05) is 0 Å². The molecule has 2 saturated carbocycles. The van der Waals surface area contributed by atoms with E-state index in [-0.39, 0.29) is 5.60 Å². The molecule has 0 aromatic heterocycles. The first-order valence-corrected chi connectivity index (χ1v) is 8.27. The van der Waals surface area contributed by atoms with Crippen molar-refractivity contribution in [1.82, 2.24) is 0 Å². The normalized spacial score (nSPS) is 46.0. The molecule has 0 amide bonds. The Kier molecular flexibility index (Phi) is 4.75. The lowest BCUT2D eigenvalue weighted by Crippen LogP contribution is -2.44. The van der Waals surface area contributed by atoms with Crippen molar-refractivity contribution in [2.45, 2.75) is 84.2 Å². The standard InChI is InChI=1S/C17H32O/c1-4-5-15-8-10-17(18,11-9-15)16-7-6-13(2)14(3)12-16/h13-16,18H,4-12H2,1-3H3. The maximum Gasteiger partial charge on any atom is 0.0676 e. The number of hydrogen-bond donors (Lipinski definition) is 1. The van der Waals surface area contributed by atoms with Gasteiger partial charge in [-0.2, -0.15) is 0 Å². The second-order valence-corrected chi connectivity index (χ2v) is 7.30. The van der Waals surface area contributed by atoms with Gasteiger partial charge in [-0.15, -0.1) is 0 Å². The van der Waals surface area contributed by atoms with Crippen molar-refractivity contribution in [3.05, 3.63) is 0 Å². The van der Waals surface area contributed by atoms with Gasteiger partial charge in [0.15, 0.2) is 0 Å². The van der Waals surface area contributed by atoms with Crippen LogP contribution in [0.3, 0.4) is 0 Å². The van der Waals surface area contributed by atoms with E-state index in [1.165, 1.54) is 44.9 Å². The highest BCUT2D eigenvalue weighted by molar-refractivity contribution is 4.94. The van der Waals surface area contributed by atoms with Crippen molar-refractivity contribution in [2.24, 2.45) is 23.7 Å². The third-order valence-corrected chi connectivity index (χ3v) is 6.03. The highest BCUT2D eigenvalue weighted by Crippen LogP contribution is 2.46. The molecule has 0 saturated heterocycles. The van der Waals surface area contributed by atoms with E-state index in [4.69, 9.17) is 0 Å². The molecule has 0 aliphatic heterocycles. The molecule has 1 nitrogen and oxygen atoms in total. The number of aliphatic hydroxyl groups is 1. The summed E-state index contributed by atoms with van der Waals surface area (Å²) < 4.78 is 0. The maximum absolute atomic E-state index is 11.0. The summed E-state index contributed by atoms with van der Waals surface area (Å²) in [6, 6.07) is 0. The summed E-state index contributed by atoms with van der Waals surface area (Å²) in [7, 11) is 0. The third-order valence-electron chi connectivity index (χ3n) is 6.03. The Bertz CT molecular complexity index is 252. The zero-order valence-corrected chi connectivity index (χ0v) is 12.6. The highest BCUT2D eigenvalue weighted by Gasteiger charge is 2.42. The van der Waals surface area contributed by atoms with E-state index in [0.717, 1.165) is 30.6 Å². The first-order chi connectivity index (χ1) is 8.55. The Morgan fingerprint density at radius 3 is 2.22 bits per heavy atom. The van der Waals surface area contributed by atoms with Crippen LogP contribution >= 0.6 is 0 Å². The van der Waals surface area contributed by atoms with E-state index in [0.29, 0.717) is 5.92 Å². The van der Waals surface area contributed by atoms with Gasteiger partial charge in [0.05, 0.1) is 5.60 Å². The summed E-state index contributed by atoms with van der Waals surface area (Å²) in [5.74, 6) is 3.16. The summed E-state index contributed by atoms with van der Waals surface area (Å²) in [5, 5.41) is 11.0. The molecule has 2 fully saturated rings. The smallest absolute Gasteiger partial charge is 0.0676 e. The van der Waals surface area contributed by atoms with Crippen molar-refractivity contribution in [1.29, 1.82) is 0 Å². The van der Waals surface area contributed by atoms with Crippen molar-refractivity contribution in [2.75, 3.05) is 0 Å². The summed E-state index contributed by atoms with van der Waals surface area (Å²) in [5.41, 5.74) is -0.307. The van der Waals surface area contributed by atoms with Gasteiger partial charge in [0.2, 0.25) is 0 Å². The molecule has 0 heterocycles. The van der Waals surface area contributed by atoms with Crippen LogP contribution in [0.5, 0.6) is 0 Å². The van der Waals surface area contributed by atoms with Crippen LogP contribution in [-0.4, -0.2) is 10.7 Å². The molecule has 2 rings (SSSR count). The molecular weight excluding hydrogens is 220 g/mol. The summed E-state index contributed by atoms with van der Waals surface area (Å²) >= 11 is 0. The minimum absolute atomic E-state index is 0.307. The van der Waals surface area contributed by atoms with Crippen LogP contribution in [-0.2, 0) is 0 Å². The summed E-state index contributed by atoms with van der Waals surface area (Å²) in [6.45, 7) is 7.04. The maximum atomic E-state index is 11.0. The van der Waals surface area contributed by atoms with Gasteiger partial charge in [0, 0.05) is 0 Å². The lowest BCUT2D eigenvalue weighted by Gasteiger charge is -2.46. The predicted octanol–water partition coefficient (Wildman–Crippen LogP) is 4.78. The molecule has 2 aliphatic carbocycles. The predicted molar refractivity (Wildman–Crippen MR) is 77.5 cm³/mol. The van der Waals surface area contributed by atoms with E-state index in [9.17, 15) is 5.11 Å². The molecular formula is C17H32O. The second kappa shape index (κ2) is 5.94. The van der Waals surface area contributed by atoms with Crippen LogP contribution < -0.4 is 0 Å². The molecule has 18 heavy (non-hydrogen) atoms. The SMILES string of the molecule is CCCC1CCC(O)(C2CCC(C)C(C)C2)CC1. The summed E-state index contributed by atoms with van der Waals surface area (Å²) in [4.78, 5) is 0. The topological polar surface area (TPSA) is 20.2 Å². The lowest BCUT2D eigenvalue weighted by atomic mass is 9.64. The molecule has 0 aromatic rings. The van der Waals surface area contributed by atoms with E-state index >= 15 is 0 Å². The van der Waals surface area contributed by atoms with Crippen LogP contribution in [0.25, 0.3) is 0 Å². The van der Waals surface area contributed by atoms with Gasteiger partial charge >= 0.3 is 0 Å². The fourth-order valence-corrected chi connectivity index (χ4v) is 4.32. The van der Waals surface area contributed by atoms with Gasteiger partial charge in [-0.3, -0.25) is 0 Å². The first kappa shape index (κ1) is 14.4. The van der Waals surface area contributed by atoms with E-state index in [2.05, 4.69) is 20.8 Å². The van der Waals surface area contributed by atoms with Crippen molar-refractivity contribution < 1.29 is 5.11 Å². The van der Waals surface area contributed by atoms with Gasteiger partial charge < -0.3 is 5.11 Å². The van der Waals surface area contributed by atoms with Crippen molar-refractivity contribution in [3.63, 3.8) is 0 Å². The van der Waals surface area contributed by atoms with E-state index < -0.39 is 0 Å². The Labute approximate surface area is 113 Å². The van der Waals surface area contributed by atoms with Crippen molar-refractivity contribution >= 4 is 0 Å². The quantitative estimate of drug-likeness (QED) is 0.766. The molecule has 0 radical (unpaired) electrons. The average molecular weight is 252 g/mol. The molecule has 0 aromatic carbocycles. The third kappa shape index (κ3) is 3.10. The Morgan fingerprint density at radius 1 is 1.00 bits per heavy atom. The number of rotatable bonds is 3. The van der Waals surface area contributed by atoms with Crippen molar-refractivity contribution in [3.8, 4) is 0 Å². The van der Waals surface area contributed by atoms with Crippen LogP contribution in [0, 0.1) is 23.7 Å². The molecule has 2 aliphatic rings. The fraction of sp³-hybridized carbons (Fsp3) is 1.00. The average Bonchev–Trinajstić information content (AvgIpc) is 2.36. The van der Waals surface area contributed by atoms with E-state index in [1.54, 1.807) is 0 Å². The monoisotopic (exact) mass is 252 g/mol. The van der Waals surface area contributed by atoms with Gasteiger partial charge in [0.1, 0.15) is 0 Å². The Balaban J connectivity index is 1.89. The van der Waals surface area contributed by atoms with Crippen LogP contribution in [0.1, 0.15) is 78.6 Å². The molecule has 106 valence electrons. The van der Waals surface area contributed by atoms with Gasteiger partial charge in [0.25, 0.3) is 0 Å². The van der Waals surface area contributed by atoms with Gasteiger partial charge in [-0.1, -0.05) is 40.0 Å². The largest absolute Gasteiger partial charge is 0.390 e. The lowest BCUT2D eigenvalue weighted by molar-refractivity contribution is -0.0814. The number of hydrogen-bond acceptors (Lipinski definition) is 1. The molecule has 3 unspecified atom stereocenters. The molecule has 1 heteroatoms. The molecule has 0 bridgehead atoms. The van der Waals surface area contributed by atoms with Gasteiger partial charge in [-0.05, 0) is 62.2 Å². The second-order valence-electron chi connectivity index (χ2n) is 7.30. The minimum Gasteiger partial charge on any atom is -0.390 e. The summed E-state index contributed by atoms with van der Waals surface area (Å²) in [6.07, 6.45) is 11.2. The Morgan fingerprint density at radius 2 is 1.67 bits per heavy atom. The van der Waals surface area contributed by atoms with Crippen LogP contribution in [0.2, 0.25) is 0 Å². The highest BCUT2D eigenvalue weighted by atomic mass is 16.3. The molecule has 1 N–H and O–H groups in total. The zero-order chi connectivity index (χ0) is 13.2. The van der Waals surface area contributed by atoms with Gasteiger partial charge in [-0.25, -0.2) is 0 Å². The Hall–Kier alpha value is -0.0400.